The van der Waals surface area contributed by atoms with Crippen molar-refractivity contribution in [2.24, 2.45) is 0 Å². The first-order chi connectivity index (χ1) is 16.7. The zero-order chi connectivity index (χ0) is 23.6. The second-order valence-electron chi connectivity index (χ2n) is 8.49. The number of phenolic OH excluding ortho intramolecular Hbond substituents is 1. The van der Waals surface area contributed by atoms with Crippen LogP contribution in [-0.4, -0.2) is 21.7 Å². The van der Waals surface area contributed by atoms with E-state index in [2.05, 4.69) is 6.92 Å². The van der Waals surface area contributed by atoms with Crippen molar-refractivity contribution in [3.63, 3.8) is 0 Å². The minimum absolute atomic E-state index is 0.150. The number of benzene rings is 3. The number of unbranched alkanes of at least 4 members (excludes halogenated alkanes) is 5. The van der Waals surface area contributed by atoms with E-state index in [0.717, 1.165) is 23.2 Å². The Morgan fingerprint density at radius 1 is 0.676 bits per heavy atom. The van der Waals surface area contributed by atoms with Crippen LogP contribution in [0.5, 0.6) is 11.5 Å². The van der Waals surface area contributed by atoms with Crippen molar-refractivity contribution in [3.8, 4) is 45.4 Å². The standard InChI is InChI=1S/C30H32N2O2/c1-2-3-4-5-6-13-20-34-25-18-19-26(29(33)21-25)28-22-27(23-14-9-7-10-15-23)31-30(32-28)24-16-11-8-12-17-24/h7-12,14-19,21-22,33H,2-6,13,20H2,1H3. The monoisotopic (exact) mass is 452 g/mol. The second-order valence-corrected chi connectivity index (χ2v) is 8.49. The zero-order valence-corrected chi connectivity index (χ0v) is 19.8. The molecule has 4 heteroatoms. The Bertz CT molecular complexity index is 1120. The summed E-state index contributed by atoms with van der Waals surface area (Å²) in [5, 5.41) is 10.8. The van der Waals surface area contributed by atoms with Gasteiger partial charge in [-0.15, -0.1) is 0 Å². The molecule has 0 fully saturated rings. The molecule has 0 bridgehead atoms. The van der Waals surface area contributed by atoms with Gasteiger partial charge in [-0.2, -0.15) is 0 Å². The molecule has 3 aromatic carbocycles. The zero-order valence-electron chi connectivity index (χ0n) is 19.8. The van der Waals surface area contributed by atoms with Crippen LogP contribution < -0.4 is 4.74 Å². The van der Waals surface area contributed by atoms with Gasteiger partial charge in [0.15, 0.2) is 5.82 Å². The van der Waals surface area contributed by atoms with E-state index in [1.165, 1.54) is 32.1 Å². The van der Waals surface area contributed by atoms with Crippen molar-refractivity contribution in [1.29, 1.82) is 0 Å². The van der Waals surface area contributed by atoms with Crippen LogP contribution in [0.15, 0.2) is 84.9 Å². The van der Waals surface area contributed by atoms with E-state index in [1.807, 2.05) is 78.9 Å². The van der Waals surface area contributed by atoms with Gasteiger partial charge in [0.1, 0.15) is 11.5 Å². The Labute approximate surface area is 202 Å². The Morgan fingerprint density at radius 3 is 2.03 bits per heavy atom. The van der Waals surface area contributed by atoms with Gasteiger partial charge >= 0.3 is 0 Å². The Kier molecular flexibility index (Phi) is 8.28. The van der Waals surface area contributed by atoms with Gasteiger partial charge in [0.2, 0.25) is 0 Å². The minimum Gasteiger partial charge on any atom is -0.507 e. The summed E-state index contributed by atoms with van der Waals surface area (Å²) in [7, 11) is 0. The molecule has 0 atom stereocenters. The maximum absolute atomic E-state index is 10.8. The topological polar surface area (TPSA) is 55.2 Å². The molecule has 174 valence electrons. The smallest absolute Gasteiger partial charge is 0.160 e. The third kappa shape index (κ3) is 6.22. The Balaban J connectivity index is 1.56. The second kappa shape index (κ2) is 12.0. The summed E-state index contributed by atoms with van der Waals surface area (Å²) >= 11 is 0. The summed E-state index contributed by atoms with van der Waals surface area (Å²) in [6.07, 6.45) is 7.31. The van der Waals surface area contributed by atoms with E-state index < -0.39 is 0 Å². The number of aromatic hydroxyl groups is 1. The molecule has 0 saturated carbocycles. The molecule has 0 radical (unpaired) electrons. The molecule has 4 rings (SSSR count). The molecule has 0 aliphatic carbocycles. The molecule has 34 heavy (non-hydrogen) atoms. The van der Waals surface area contributed by atoms with Crippen LogP contribution in [0.2, 0.25) is 0 Å². The average molecular weight is 453 g/mol. The van der Waals surface area contributed by atoms with Crippen LogP contribution in [0.25, 0.3) is 33.9 Å². The van der Waals surface area contributed by atoms with Gasteiger partial charge in [-0.3, -0.25) is 0 Å². The number of hydrogen-bond donors (Lipinski definition) is 1. The first-order valence-electron chi connectivity index (χ1n) is 12.2. The summed E-state index contributed by atoms with van der Waals surface area (Å²) in [6.45, 7) is 2.89. The molecular weight excluding hydrogens is 420 g/mol. The van der Waals surface area contributed by atoms with Crippen molar-refractivity contribution in [2.75, 3.05) is 6.61 Å². The largest absolute Gasteiger partial charge is 0.507 e. The summed E-state index contributed by atoms with van der Waals surface area (Å²) in [6, 6.07) is 27.3. The van der Waals surface area contributed by atoms with Crippen LogP contribution in [0.3, 0.4) is 0 Å². The van der Waals surface area contributed by atoms with Crippen molar-refractivity contribution in [3.05, 3.63) is 84.9 Å². The minimum atomic E-state index is 0.150. The van der Waals surface area contributed by atoms with Gasteiger partial charge in [-0.05, 0) is 24.6 Å². The van der Waals surface area contributed by atoms with E-state index >= 15 is 0 Å². The average Bonchev–Trinajstić information content (AvgIpc) is 2.89. The number of aromatic nitrogens is 2. The fourth-order valence-corrected chi connectivity index (χ4v) is 3.95. The molecule has 0 unspecified atom stereocenters. The summed E-state index contributed by atoms with van der Waals surface area (Å²) in [5.74, 6) is 1.45. The molecule has 0 saturated heterocycles. The predicted molar refractivity (Wildman–Crippen MR) is 139 cm³/mol. The lowest BCUT2D eigenvalue weighted by atomic mass is 10.1. The van der Waals surface area contributed by atoms with E-state index in [-0.39, 0.29) is 5.75 Å². The maximum atomic E-state index is 10.8. The third-order valence-electron chi connectivity index (χ3n) is 5.84. The van der Waals surface area contributed by atoms with E-state index in [4.69, 9.17) is 14.7 Å². The SMILES string of the molecule is CCCCCCCCOc1ccc(-c2cc(-c3ccccc3)nc(-c3ccccc3)n2)c(O)c1. The van der Waals surface area contributed by atoms with Gasteiger partial charge in [0.25, 0.3) is 0 Å². The highest BCUT2D eigenvalue weighted by Crippen LogP contribution is 2.34. The highest BCUT2D eigenvalue weighted by Gasteiger charge is 2.13. The van der Waals surface area contributed by atoms with E-state index in [1.54, 1.807) is 6.07 Å². The van der Waals surface area contributed by atoms with Crippen molar-refractivity contribution < 1.29 is 9.84 Å². The first kappa shape index (κ1) is 23.5. The lowest BCUT2D eigenvalue weighted by Gasteiger charge is -2.12. The fraction of sp³-hybridized carbons (Fsp3) is 0.267. The van der Waals surface area contributed by atoms with Crippen molar-refractivity contribution in [2.45, 2.75) is 45.4 Å². The van der Waals surface area contributed by atoms with Gasteiger partial charge < -0.3 is 9.84 Å². The van der Waals surface area contributed by atoms with E-state index in [0.29, 0.717) is 29.4 Å². The lowest BCUT2D eigenvalue weighted by Crippen LogP contribution is -1.98. The molecular formula is C30H32N2O2. The molecule has 0 spiro atoms. The summed E-state index contributed by atoms with van der Waals surface area (Å²) in [4.78, 5) is 9.59. The van der Waals surface area contributed by atoms with Crippen LogP contribution in [0.1, 0.15) is 45.4 Å². The number of rotatable bonds is 11. The highest BCUT2D eigenvalue weighted by atomic mass is 16.5. The molecule has 1 N–H and O–H groups in total. The Hall–Kier alpha value is -3.66. The van der Waals surface area contributed by atoms with Gasteiger partial charge in [-0.25, -0.2) is 9.97 Å². The highest BCUT2D eigenvalue weighted by molar-refractivity contribution is 5.75. The number of ether oxygens (including phenoxy) is 1. The third-order valence-corrected chi connectivity index (χ3v) is 5.84. The fourth-order valence-electron chi connectivity index (χ4n) is 3.95. The summed E-state index contributed by atoms with van der Waals surface area (Å²) in [5.41, 5.74) is 4.07. The van der Waals surface area contributed by atoms with Crippen LogP contribution in [0.4, 0.5) is 0 Å². The first-order valence-corrected chi connectivity index (χ1v) is 12.2. The molecule has 0 aliphatic heterocycles. The molecule has 1 heterocycles. The maximum Gasteiger partial charge on any atom is 0.160 e. The molecule has 0 amide bonds. The van der Waals surface area contributed by atoms with Crippen molar-refractivity contribution in [1.82, 2.24) is 9.97 Å². The van der Waals surface area contributed by atoms with Gasteiger partial charge in [0, 0.05) is 22.8 Å². The Morgan fingerprint density at radius 2 is 1.32 bits per heavy atom. The predicted octanol–water partition coefficient (Wildman–Crippen LogP) is 7.92. The van der Waals surface area contributed by atoms with Crippen LogP contribution >= 0.6 is 0 Å². The van der Waals surface area contributed by atoms with E-state index in [9.17, 15) is 5.11 Å². The van der Waals surface area contributed by atoms with Crippen LogP contribution in [0, 0.1) is 0 Å². The molecule has 4 aromatic rings. The normalized spacial score (nSPS) is 10.9. The number of nitrogens with zero attached hydrogens (tertiary/aromatic N) is 2. The van der Waals surface area contributed by atoms with Crippen molar-refractivity contribution >= 4 is 0 Å². The van der Waals surface area contributed by atoms with Gasteiger partial charge in [-0.1, -0.05) is 99.7 Å². The number of hydrogen-bond acceptors (Lipinski definition) is 4. The quantitative estimate of drug-likeness (QED) is 0.235. The van der Waals surface area contributed by atoms with Crippen LogP contribution in [-0.2, 0) is 0 Å². The summed E-state index contributed by atoms with van der Waals surface area (Å²) < 4.78 is 5.88. The van der Waals surface area contributed by atoms with Gasteiger partial charge in [0.05, 0.1) is 18.0 Å². The molecule has 1 aromatic heterocycles. The molecule has 4 nitrogen and oxygen atoms in total. The number of phenols is 1. The lowest BCUT2D eigenvalue weighted by molar-refractivity contribution is 0.303. The molecule has 0 aliphatic rings.